The molecule has 1 aromatic carbocycles. The molecule has 1 aromatic heterocycles. The van der Waals surface area contributed by atoms with E-state index in [4.69, 9.17) is 5.73 Å². The predicted octanol–water partition coefficient (Wildman–Crippen LogP) is 2.42. The second-order valence-corrected chi connectivity index (χ2v) is 9.46. The fraction of sp³-hybridized carbons (Fsp3) is 0.520. The lowest BCUT2D eigenvalue weighted by Crippen LogP contribution is -2.47. The summed E-state index contributed by atoms with van der Waals surface area (Å²) in [6, 6.07) is 9.43. The number of benzene rings is 1. The van der Waals surface area contributed by atoms with Crippen LogP contribution in [0.15, 0.2) is 39.9 Å². The van der Waals surface area contributed by atoms with Crippen molar-refractivity contribution in [3.63, 3.8) is 0 Å². The van der Waals surface area contributed by atoms with Crippen LogP contribution in [0.3, 0.4) is 0 Å². The lowest BCUT2D eigenvalue weighted by atomic mass is 9.95. The van der Waals surface area contributed by atoms with Gasteiger partial charge in [0, 0.05) is 20.1 Å². The van der Waals surface area contributed by atoms with Gasteiger partial charge < -0.3 is 15.5 Å². The highest BCUT2D eigenvalue weighted by Gasteiger charge is 2.29. The lowest BCUT2D eigenvalue weighted by molar-refractivity contribution is -0.135. The van der Waals surface area contributed by atoms with Gasteiger partial charge in [0.1, 0.15) is 5.82 Å². The van der Waals surface area contributed by atoms with Gasteiger partial charge in [-0.25, -0.2) is 4.79 Å². The Morgan fingerprint density at radius 2 is 1.68 bits per heavy atom. The van der Waals surface area contributed by atoms with Crippen molar-refractivity contribution in [2.75, 3.05) is 30.8 Å². The van der Waals surface area contributed by atoms with Gasteiger partial charge in [-0.3, -0.25) is 23.9 Å². The molecule has 34 heavy (non-hydrogen) atoms. The molecule has 2 amide bonds. The van der Waals surface area contributed by atoms with Crippen LogP contribution in [0.2, 0.25) is 0 Å². The first kappa shape index (κ1) is 26.9. The van der Waals surface area contributed by atoms with Crippen LogP contribution in [0.5, 0.6) is 0 Å². The number of amides is 2. The predicted molar refractivity (Wildman–Crippen MR) is 135 cm³/mol. The molecule has 186 valence electrons. The van der Waals surface area contributed by atoms with Crippen molar-refractivity contribution in [1.29, 1.82) is 0 Å². The van der Waals surface area contributed by atoms with E-state index in [1.165, 1.54) is 14.4 Å². The SMILES string of the molecule is CCC(C(=O)N(C)CC(=O)N(CC(C)C)c1c(N)n(CC(C)C)c(=O)[nH]c1=O)c1ccccc1. The van der Waals surface area contributed by atoms with Gasteiger partial charge in [0.05, 0.1) is 12.5 Å². The number of hydrogen-bond acceptors (Lipinski definition) is 5. The Balaban J connectivity index is 2.39. The molecule has 0 aliphatic carbocycles. The first-order chi connectivity index (χ1) is 16.0. The van der Waals surface area contributed by atoms with Crippen molar-refractivity contribution in [2.45, 2.75) is 53.5 Å². The van der Waals surface area contributed by atoms with Crippen molar-refractivity contribution >= 4 is 23.3 Å². The van der Waals surface area contributed by atoms with Crippen LogP contribution >= 0.6 is 0 Å². The lowest BCUT2D eigenvalue weighted by Gasteiger charge is -2.29. The fourth-order valence-electron chi connectivity index (χ4n) is 3.94. The molecule has 0 aliphatic heterocycles. The van der Waals surface area contributed by atoms with E-state index >= 15 is 0 Å². The average Bonchev–Trinajstić information content (AvgIpc) is 2.76. The second kappa shape index (κ2) is 11.7. The van der Waals surface area contributed by atoms with Gasteiger partial charge in [0.2, 0.25) is 11.8 Å². The molecule has 1 atom stereocenters. The molecule has 1 heterocycles. The molecule has 0 spiro atoms. The standard InChI is InChI=1S/C25H37N5O4/c1-7-19(18-11-9-8-10-12-18)24(33)28(6)15-20(31)29(13-16(2)3)21-22(26)30(14-17(4)5)25(34)27-23(21)32/h8-12,16-17,19H,7,13-15,26H2,1-6H3,(H,27,32,34). The van der Waals surface area contributed by atoms with Gasteiger partial charge in [-0.05, 0) is 23.8 Å². The minimum atomic E-state index is -0.721. The molecule has 0 saturated heterocycles. The Bertz CT molecular complexity index is 1100. The Morgan fingerprint density at radius 1 is 1.06 bits per heavy atom. The van der Waals surface area contributed by atoms with Crippen LogP contribution in [0.4, 0.5) is 11.5 Å². The number of nitrogen functional groups attached to an aromatic ring is 1. The molecule has 1 unspecified atom stereocenters. The number of rotatable bonds is 10. The van der Waals surface area contributed by atoms with Gasteiger partial charge in [-0.1, -0.05) is 65.0 Å². The zero-order chi connectivity index (χ0) is 25.6. The average molecular weight is 472 g/mol. The maximum Gasteiger partial charge on any atom is 0.330 e. The molecule has 0 fully saturated rings. The third-order valence-electron chi connectivity index (χ3n) is 5.54. The molecular formula is C25H37N5O4. The van der Waals surface area contributed by atoms with E-state index in [2.05, 4.69) is 4.98 Å². The number of nitrogens with one attached hydrogen (secondary N) is 1. The molecule has 2 rings (SSSR count). The number of hydrogen-bond donors (Lipinski definition) is 2. The van der Waals surface area contributed by atoms with Crippen LogP contribution in [0, 0.1) is 11.8 Å². The molecule has 0 aliphatic rings. The summed E-state index contributed by atoms with van der Waals surface area (Å²) in [5, 5.41) is 0. The van der Waals surface area contributed by atoms with Gasteiger partial charge in [-0.2, -0.15) is 0 Å². The third-order valence-corrected chi connectivity index (χ3v) is 5.54. The normalized spacial score (nSPS) is 12.1. The van der Waals surface area contributed by atoms with Crippen LogP contribution < -0.4 is 21.9 Å². The summed E-state index contributed by atoms with van der Waals surface area (Å²) in [6.45, 7) is 9.87. The van der Waals surface area contributed by atoms with Gasteiger partial charge in [0.25, 0.3) is 5.56 Å². The Morgan fingerprint density at radius 3 is 2.21 bits per heavy atom. The minimum absolute atomic E-state index is 0.0157. The van der Waals surface area contributed by atoms with Crippen molar-refractivity contribution in [3.8, 4) is 0 Å². The molecule has 3 N–H and O–H groups in total. The number of carbonyl (C=O) groups excluding carboxylic acids is 2. The maximum atomic E-state index is 13.4. The summed E-state index contributed by atoms with van der Waals surface area (Å²) in [7, 11) is 1.58. The summed E-state index contributed by atoms with van der Waals surface area (Å²) < 4.78 is 1.28. The molecule has 9 nitrogen and oxygen atoms in total. The molecule has 2 aromatic rings. The van der Waals surface area contributed by atoms with E-state index in [0.717, 1.165) is 5.56 Å². The highest BCUT2D eigenvalue weighted by molar-refractivity contribution is 5.99. The Hall–Kier alpha value is -3.36. The minimum Gasteiger partial charge on any atom is -0.383 e. The molecule has 0 saturated carbocycles. The van der Waals surface area contributed by atoms with E-state index in [-0.39, 0.29) is 48.3 Å². The van der Waals surface area contributed by atoms with Crippen LogP contribution in [-0.4, -0.2) is 46.4 Å². The summed E-state index contributed by atoms with van der Waals surface area (Å²) in [6.07, 6.45) is 0.587. The molecule has 0 bridgehead atoms. The summed E-state index contributed by atoms with van der Waals surface area (Å²) in [4.78, 5) is 56.6. The smallest absolute Gasteiger partial charge is 0.330 e. The topological polar surface area (TPSA) is 121 Å². The summed E-state index contributed by atoms with van der Waals surface area (Å²) in [5.41, 5.74) is 5.74. The van der Waals surface area contributed by atoms with Crippen molar-refractivity contribution in [3.05, 3.63) is 56.7 Å². The largest absolute Gasteiger partial charge is 0.383 e. The first-order valence-corrected chi connectivity index (χ1v) is 11.7. The maximum absolute atomic E-state index is 13.4. The highest BCUT2D eigenvalue weighted by atomic mass is 16.2. The van der Waals surface area contributed by atoms with E-state index in [9.17, 15) is 19.2 Å². The van der Waals surface area contributed by atoms with Gasteiger partial charge >= 0.3 is 5.69 Å². The van der Waals surface area contributed by atoms with E-state index in [1.807, 2.05) is 65.0 Å². The highest BCUT2D eigenvalue weighted by Crippen LogP contribution is 2.23. The van der Waals surface area contributed by atoms with Crippen LogP contribution in [-0.2, 0) is 16.1 Å². The van der Waals surface area contributed by atoms with Gasteiger partial charge in [-0.15, -0.1) is 0 Å². The quantitative estimate of drug-likeness (QED) is 0.551. The van der Waals surface area contributed by atoms with Gasteiger partial charge in [0.15, 0.2) is 5.69 Å². The zero-order valence-corrected chi connectivity index (χ0v) is 21.0. The number of nitrogens with two attached hydrogens (primary N) is 1. The van der Waals surface area contributed by atoms with Crippen LogP contribution in [0.25, 0.3) is 0 Å². The van der Waals surface area contributed by atoms with E-state index < -0.39 is 17.2 Å². The Kier molecular flexibility index (Phi) is 9.23. The van der Waals surface area contributed by atoms with Crippen LogP contribution in [0.1, 0.15) is 52.5 Å². The van der Waals surface area contributed by atoms with Crippen molar-refractivity contribution in [1.82, 2.24) is 14.5 Å². The number of likely N-dealkylation sites (N-methyl/N-ethyl adjacent to an activating group) is 1. The number of carbonyl (C=O) groups is 2. The summed E-state index contributed by atoms with van der Waals surface area (Å²) in [5.74, 6) is -0.944. The number of anilines is 2. The molecule has 9 heteroatoms. The number of aromatic nitrogens is 2. The molecular weight excluding hydrogens is 434 g/mol. The number of H-pyrrole nitrogens is 1. The third kappa shape index (κ3) is 6.36. The van der Waals surface area contributed by atoms with Crippen molar-refractivity contribution < 1.29 is 9.59 Å². The monoisotopic (exact) mass is 471 g/mol. The second-order valence-electron chi connectivity index (χ2n) is 9.46. The fourth-order valence-corrected chi connectivity index (χ4v) is 3.94. The number of nitrogens with zero attached hydrogens (tertiary/aromatic N) is 3. The van der Waals surface area contributed by atoms with E-state index in [1.54, 1.807) is 7.05 Å². The molecule has 0 radical (unpaired) electrons. The van der Waals surface area contributed by atoms with E-state index in [0.29, 0.717) is 13.0 Å². The van der Waals surface area contributed by atoms with Crippen molar-refractivity contribution in [2.24, 2.45) is 11.8 Å². The number of aromatic amines is 1. The zero-order valence-electron chi connectivity index (χ0n) is 21.0. The first-order valence-electron chi connectivity index (χ1n) is 11.7. The summed E-state index contributed by atoms with van der Waals surface area (Å²) >= 11 is 0. The Labute approximate surface area is 200 Å².